The minimum absolute atomic E-state index is 0.274. The Balaban J connectivity index is 2.14. The van der Waals surface area contributed by atoms with E-state index in [1.54, 1.807) is 7.11 Å². The van der Waals surface area contributed by atoms with Crippen LogP contribution in [0.4, 0.5) is 0 Å². The molecule has 1 fully saturated rings. The van der Waals surface area contributed by atoms with Gasteiger partial charge in [-0.05, 0) is 33.1 Å². The van der Waals surface area contributed by atoms with Crippen LogP contribution in [0, 0.1) is 0 Å². The molecular formula is C11H19N3O2. The first-order chi connectivity index (χ1) is 7.53. The van der Waals surface area contributed by atoms with Gasteiger partial charge in [0.25, 0.3) is 0 Å². The number of hydrogen-bond donors (Lipinski definition) is 1. The Kier molecular flexibility index (Phi) is 2.99. The second-order valence-corrected chi connectivity index (χ2v) is 4.94. The molecule has 0 spiro atoms. The van der Waals surface area contributed by atoms with Gasteiger partial charge in [-0.25, -0.2) is 0 Å². The third-order valence-corrected chi connectivity index (χ3v) is 3.31. The summed E-state index contributed by atoms with van der Waals surface area (Å²) in [4.78, 5) is 4.41. The van der Waals surface area contributed by atoms with E-state index in [0.29, 0.717) is 17.6 Å². The van der Waals surface area contributed by atoms with Gasteiger partial charge >= 0.3 is 0 Å². The standard InChI is InChI=1S/C11H19N3O2/c1-11(2,15-3)10-13-9(16-14-10)7-4-5-8(12)6-7/h7-8H,4-6,12H2,1-3H3/t7-,8+/m1/s1. The molecule has 1 saturated carbocycles. The Morgan fingerprint density at radius 2 is 2.19 bits per heavy atom. The molecule has 0 amide bonds. The summed E-state index contributed by atoms with van der Waals surface area (Å²) >= 11 is 0. The maximum atomic E-state index is 5.87. The molecule has 0 radical (unpaired) electrons. The SMILES string of the molecule is COC(C)(C)c1noc([C@@H]2CC[C@H](N)C2)n1. The van der Waals surface area contributed by atoms with Gasteiger partial charge in [0.1, 0.15) is 5.60 Å². The maximum absolute atomic E-state index is 5.87. The van der Waals surface area contributed by atoms with Gasteiger partial charge in [0.05, 0.1) is 0 Å². The number of ether oxygens (including phenoxy) is 1. The summed E-state index contributed by atoms with van der Waals surface area (Å²) in [5.41, 5.74) is 5.37. The predicted octanol–water partition coefficient (Wildman–Crippen LogP) is 1.55. The van der Waals surface area contributed by atoms with Crippen molar-refractivity contribution in [2.24, 2.45) is 5.73 Å². The van der Waals surface area contributed by atoms with Crippen molar-refractivity contribution in [2.75, 3.05) is 7.11 Å². The smallest absolute Gasteiger partial charge is 0.229 e. The first-order valence-corrected chi connectivity index (χ1v) is 5.67. The van der Waals surface area contributed by atoms with Crippen LogP contribution < -0.4 is 5.73 Å². The summed E-state index contributed by atoms with van der Waals surface area (Å²) in [5, 5.41) is 3.98. The lowest BCUT2D eigenvalue weighted by Crippen LogP contribution is -2.21. The van der Waals surface area contributed by atoms with Gasteiger partial charge in [-0.2, -0.15) is 4.98 Å². The summed E-state index contributed by atoms with van der Waals surface area (Å²) in [6, 6.07) is 0.274. The predicted molar refractivity (Wildman–Crippen MR) is 58.9 cm³/mol. The Bertz CT molecular complexity index is 362. The van der Waals surface area contributed by atoms with Crippen LogP contribution >= 0.6 is 0 Å². The fraction of sp³-hybridized carbons (Fsp3) is 0.818. The van der Waals surface area contributed by atoms with Gasteiger partial charge in [0.15, 0.2) is 0 Å². The molecule has 0 aromatic carbocycles. The molecule has 2 N–H and O–H groups in total. The van der Waals surface area contributed by atoms with Gasteiger partial charge in [0.2, 0.25) is 11.7 Å². The van der Waals surface area contributed by atoms with Crippen LogP contribution in [0.25, 0.3) is 0 Å². The molecule has 2 rings (SSSR count). The molecule has 1 aliphatic carbocycles. The van der Waals surface area contributed by atoms with Crippen LogP contribution in [0.15, 0.2) is 4.52 Å². The minimum Gasteiger partial charge on any atom is -0.371 e. The van der Waals surface area contributed by atoms with Crippen LogP contribution in [-0.2, 0) is 10.3 Å². The number of aromatic nitrogens is 2. The molecule has 1 aliphatic rings. The van der Waals surface area contributed by atoms with Crippen LogP contribution in [0.1, 0.15) is 50.7 Å². The summed E-state index contributed by atoms with van der Waals surface area (Å²) < 4.78 is 10.6. The molecule has 5 nitrogen and oxygen atoms in total. The second-order valence-electron chi connectivity index (χ2n) is 4.94. The Morgan fingerprint density at radius 1 is 1.44 bits per heavy atom. The zero-order valence-electron chi connectivity index (χ0n) is 10.1. The Hall–Kier alpha value is -0.940. The van der Waals surface area contributed by atoms with E-state index in [-0.39, 0.29) is 6.04 Å². The zero-order chi connectivity index (χ0) is 11.8. The number of methoxy groups -OCH3 is 1. The molecule has 0 aliphatic heterocycles. The molecule has 16 heavy (non-hydrogen) atoms. The van der Waals surface area contributed by atoms with Crippen molar-refractivity contribution >= 4 is 0 Å². The fourth-order valence-corrected chi connectivity index (χ4v) is 1.98. The maximum Gasteiger partial charge on any atom is 0.229 e. The summed E-state index contributed by atoms with van der Waals surface area (Å²) in [6.45, 7) is 3.84. The van der Waals surface area contributed by atoms with Crippen LogP contribution in [0.5, 0.6) is 0 Å². The molecule has 1 heterocycles. The van der Waals surface area contributed by atoms with Gasteiger partial charge in [-0.3, -0.25) is 0 Å². The minimum atomic E-state index is -0.498. The molecule has 0 bridgehead atoms. The second kappa shape index (κ2) is 4.14. The first kappa shape index (κ1) is 11.5. The van der Waals surface area contributed by atoms with Crippen molar-refractivity contribution in [1.82, 2.24) is 10.1 Å². The van der Waals surface area contributed by atoms with Crippen molar-refractivity contribution < 1.29 is 9.26 Å². The number of hydrogen-bond acceptors (Lipinski definition) is 5. The molecular weight excluding hydrogens is 206 g/mol. The largest absolute Gasteiger partial charge is 0.371 e. The Morgan fingerprint density at radius 3 is 2.75 bits per heavy atom. The monoisotopic (exact) mass is 225 g/mol. The van der Waals surface area contributed by atoms with Crippen molar-refractivity contribution in [3.63, 3.8) is 0 Å². The van der Waals surface area contributed by atoms with Crippen molar-refractivity contribution in [3.05, 3.63) is 11.7 Å². The van der Waals surface area contributed by atoms with E-state index in [4.69, 9.17) is 15.0 Å². The topological polar surface area (TPSA) is 74.2 Å². The van der Waals surface area contributed by atoms with Gasteiger partial charge in [-0.15, -0.1) is 0 Å². The van der Waals surface area contributed by atoms with Crippen LogP contribution in [-0.4, -0.2) is 23.3 Å². The summed E-state index contributed by atoms with van der Waals surface area (Å²) in [6.07, 6.45) is 3.02. The van der Waals surface area contributed by atoms with E-state index < -0.39 is 5.60 Å². The molecule has 0 unspecified atom stereocenters. The lowest BCUT2D eigenvalue weighted by Gasteiger charge is -2.17. The van der Waals surface area contributed by atoms with E-state index in [1.807, 2.05) is 13.8 Å². The number of rotatable bonds is 3. The van der Waals surface area contributed by atoms with Crippen LogP contribution in [0.3, 0.4) is 0 Å². The molecule has 0 saturated heterocycles. The lowest BCUT2D eigenvalue weighted by atomic mass is 10.1. The van der Waals surface area contributed by atoms with Crippen molar-refractivity contribution in [3.8, 4) is 0 Å². The van der Waals surface area contributed by atoms with E-state index in [1.165, 1.54) is 0 Å². The number of nitrogens with two attached hydrogens (primary N) is 1. The van der Waals surface area contributed by atoms with Crippen molar-refractivity contribution in [2.45, 2.75) is 50.7 Å². The molecule has 5 heteroatoms. The average molecular weight is 225 g/mol. The molecule has 90 valence electrons. The first-order valence-electron chi connectivity index (χ1n) is 5.67. The van der Waals surface area contributed by atoms with E-state index in [0.717, 1.165) is 19.3 Å². The number of nitrogens with zero attached hydrogens (tertiary/aromatic N) is 2. The summed E-state index contributed by atoms with van der Waals surface area (Å²) in [7, 11) is 1.64. The molecule has 1 aromatic heterocycles. The third kappa shape index (κ3) is 2.10. The highest BCUT2D eigenvalue weighted by Gasteiger charge is 2.31. The average Bonchev–Trinajstić information content (AvgIpc) is 2.85. The molecule has 1 aromatic rings. The fourth-order valence-electron chi connectivity index (χ4n) is 1.98. The lowest BCUT2D eigenvalue weighted by molar-refractivity contribution is 0.00973. The highest BCUT2D eigenvalue weighted by molar-refractivity contribution is 5.03. The zero-order valence-corrected chi connectivity index (χ0v) is 10.1. The van der Waals surface area contributed by atoms with Crippen LogP contribution in [0.2, 0.25) is 0 Å². The van der Waals surface area contributed by atoms with E-state index in [2.05, 4.69) is 10.1 Å². The summed E-state index contributed by atoms with van der Waals surface area (Å²) in [5.74, 6) is 1.63. The Labute approximate surface area is 95.3 Å². The highest BCUT2D eigenvalue weighted by Crippen LogP contribution is 2.33. The third-order valence-electron chi connectivity index (χ3n) is 3.31. The van der Waals surface area contributed by atoms with E-state index in [9.17, 15) is 0 Å². The highest BCUT2D eigenvalue weighted by atomic mass is 16.5. The van der Waals surface area contributed by atoms with E-state index >= 15 is 0 Å². The quantitative estimate of drug-likeness (QED) is 0.844. The molecule has 2 atom stereocenters. The van der Waals surface area contributed by atoms with Gasteiger partial charge in [0, 0.05) is 19.1 Å². The van der Waals surface area contributed by atoms with Gasteiger partial charge in [-0.1, -0.05) is 5.16 Å². The van der Waals surface area contributed by atoms with Gasteiger partial charge < -0.3 is 15.0 Å². The normalized spacial score (nSPS) is 26.2. The van der Waals surface area contributed by atoms with Crippen molar-refractivity contribution in [1.29, 1.82) is 0 Å².